The van der Waals surface area contributed by atoms with E-state index in [4.69, 9.17) is 0 Å². The van der Waals surface area contributed by atoms with E-state index in [1.165, 1.54) is 19.1 Å². The number of benzene rings is 2. The third kappa shape index (κ3) is 4.06. The molecule has 0 amide bonds. The zero-order valence-electron chi connectivity index (χ0n) is 17.2. The predicted octanol–water partition coefficient (Wildman–Crippen LogP) is 3.03. The quantitative estimate of drug-likeness (QED) is 0.328. The third-order valence-electron chi connectivity index (χ3n) is 4.88. The van der Waals surface area contributed by atoms with Crippen molar-refractivity contribution in [2.75, 3.05) is 4.72 Å². The van der Waals surface area contributed by atoms with Gasteiger partial charge in [-0.25, -0.2) is 8.42 Å². The minimum Gasteiger partial charge on any atom is -0.280 e. The van der Waals surface area contributed by atoms with Gasteiger partial charge in [0.05, 0.1) is 15.5 Å². The van der Waals surface area contributed by atoms with Crippen LogP contribution >= 0.6 is 0 Å². The summed E-state index contributed by atoms with van der Waals surface area (Å²) in [4.78, 5) is 20.2. The van der Waals surface area contributed by atoms with Gasteiger partial charge in [-0.2, -0.15) is 9.61 Å². The molecule has 2 aromatic carbocycles. The van der Waals surface area contributed by atoms with E-state index in [0.29, 0.717) is 22.7 Å². The van der Waals surface area contributed by atoms with Crippen LogP contribution in [0.2, 0.25) is 0 Å². The SMILES string of the molecule is Cc1c([N+](=O)[O-])cc(S(=O)(=O)Nc2ccc(-c3ccc4nnc(C)n4n3)cc2)cc1[N+](=O)[O-]. The van der Waals surface area contributed by atoms with Crippen LogP contribution in [-0.4, -0.2) is 38.1 Å². The summed E-state index contributed by atoms with van der Waals surface area (Å²) in [5.74, 6) is 0.609. The predicted molar refractivity (Wildman–Crippen MR) is 116 cm³/mol. The van der Waals surface area contributed by atoms with Gasteiger partial charge >= 0.3 is 0 Å². The number of fused-ring (bicyclic) bond motifs is 1. The van der Waals surface area contributed by atoms with E-state index in [0.717, 1.165) is 12.1 Å². The Kier molecular flexibility index (Phi) is 5.21. The van der Waals surface area contributed by atoms with Crippen molar-refractivity contribution in [2.45, 2.75) is 18.7 Å². The van der Waals surface area contributed by atoms with Crippen LogP contribution in [-0.2, 0) is 10.0 Å². The molecule has 0 aliphatic rings. The minimum atomic E-state index is -4.34. The van der Waals surface area contributed by atoms with Crippen molar-refractivity contribution >= 4 is 32.7 Å². The molecule has 2 aromatic heterocycles. The first-order chi connectivity index (χ1) is 15.6. The number of anilines is 1. The summed E-state index contributed by atoms with van der Waals surface area (Å²) < 4.78 is 29.4. The van der Waals surface area contributed by atoms with Crippen molar-refractivity contribution in [3.05, 3.63) is 80.1 Å². The lowest BCUT2D eigenvalue weighted by atomic mass is 10.1. The number of sulfonamides is 1. The lowest BCUT2D eigenvalue weighted by Gasteiger charge is -2.10. The third-order valence-corrected chi connectivity index (χ3v) is 6.24. The number of nitro benzene ring substituents is 2. The molecule has 0 saturated carbocycles. The lowest BCUT2D eigenvalue weighted by molar-refractivity contribution is -0.395. The zero-order chi connectivity index (χ0) is 23.9. The number of hydrogen-bond donors (Lipinski definition) is 1. The molecule has 4 rings (SSSR count). The monoisotopic (exact) mass is 469 g/mol. The Morgan fingerprint density at radius 3 is 2.09 bits per heavy atom. The summed E-state index contributed by atoms with van der Waals surface area (Å²) in [5.41, 5.74) is 0.477. The molecule has 0 radical (unpaired) electrons. The van der Waals surface area contributed by atoms with Crippen molar-refractivity contribution in [3.63, 3.8) is 0 Å². The second-order valence-electron chi connectivity index (χ2n) is 7.02. The van der Waals surface area contributed by atoms with Crippen molar-refractivity contribution in [2.24, 2.45) is 0 Å². The fourth-order valence-corrected chi connectivity index (χ4v) is 4.26. The molecule has 2 heterocycles. The van der Waals surface area contributed by atoms with E-state index in [1.54, 1.807) is 35.7 Å². The van der Waals surface area contributed by atoms with E-state index < -0.39 is 36.1 Å². The van der Waals surface area contributed by atoms with E-state index in [2.05, 4.69) is 20.0 Å². The molecular weight excluding hydrogens is 454 g/mol. The Morgan fingerprint density at radius 2 is 1.52 bits per heavy atom. The average Bonchev–Trinajstić information content (AvgIpc) is 3.13. The molecule has 14 heteroatoms. The molecule has 0 spiro atoms. The topological polar surface area (TPSA) is 176 Å². The number of aromatic nitrogens is 4. The average molecular weight is 469 g/mol. The molecule has 0 aliphatic heterocycles. The van der Waals surface area contributed by atoms with Crippen LogP contribution < -0.4 is 4.72 Å². The van der Waals surface area contributed by atoms with E-state index >= 15 is 0 Å². The molecule has 33 heavy (non-hydrogen) atoms. The number of aryl methyl sites for hydroxylation is 1. The Bertz CT molecular complexity index is 1500. The van der Waals surface area contributed by atoms with Crippen LogP contribution in [0, 0.1) is 34.1 Å². The molecule has 0 fully saturated rings. The first kappa shape index (κ1) is 21.8. The van der Waals surface area contributed by atoms with Crippen molar-refractivity contribution in [1.82, 2.24) is 19.8 Å². The maximum Gasteiger partial charge on any atom is 0.280 e. The Morgan fingerprint density at radius 1 is 0.909 bits per heavy atom. The van der Waals surface area contributed by atoms with Crippen LogP contribution in [0.4, 0.5) is 17.1 Å². The number of hydrogen-bond acceptors (Lipinski definition) is 9. The summed E-state index contributed by atoms with van der Waals surface area (Å²) in [6, 6.07) is 11.3. The molecule has 0 saturated heterocycles. The van der Waals surface area contributed by atoms with Gasteiger partial charge in [0.1, 0.15) is 10.5 Å². The summed E-state index contributed by atoms with van der Waals surface area (Å²) in [6.07, 6.45) is 0. The van der Waals surface area contributed by atoms with E-state index in [9.17, 15) is 28.6 Å². The van der Waals surface area contributed by atoms with Crippen LogP contribution in [0.25, 0.3) is 16.9 Å². The van der Waals surface area contributed by atoms with E-state index in [-0.39, 0.29) is 11.3 Å². The zero-order valence-corrected chi connectivity index (χ0v) is 18.0. The Hall–Kier alpha value is -4.46. The summed E-state index contributed by atoms with van der Waals surface area (Å²) in [7, 11) is -4.34. The standard InChI is InChI=1S/C19H15N7O6S/c1-11-17(25(27)28)9-15(10-18(11)26(29)30)33(31,32)23-14-5-3-13(4-6-14)16-7-8-19-21-20-12(2)24(19)22-16/h3-10,23H,1-2H3. The van der Waals surface area contributed by atoms with Crippen molar-refractivity contribution < 1.29 is 18.3 Å². The molecule has 168 valence electrons. The van der Waals surface area contributed by atoms with Gasteiger partial charge < -0.3 is 0 Å². The largest absolute Gasteiger partial charge is 0.280 e. The van der Waals surface area contributed by atoms with Gasteiger partial charge in [-0.05, 0) is 38.1 Å². The smallest absolute Gasteiger partial charge is 0.280 e. The maximum atomic E-state index is 12.8. The molecule has 1 N–H and O–H groups in total. The lowest BCUT2D eigenvalue weighted by Crippen LogP contribution is -2.14. The van der Waals surface area contributed by atoms with Gasteiger partial charge in [-0.1, -0.05) is 12.1 Å². The van der Waals surface area contributed by atoms with Gasteiger partial charge in [0, 0.05) is 23.4 Å². The second kappa shape index (κ2) is 7.90. The molecule has 0 unspecified atom stereocenters. The van der Waals surface area contributed by atoms with Gasteiger partial charge in [0.2, 0.25) is 0 Å². The number of nitrogens with one attached hydrogen (secondary N) is 1. The van der Waals surface area contributed by atoms with Gasteiger partial charge in [0.15, 0.2) is 11.5 Å². The van der Waals surface area contributed by atoms with Crippen LogP contribution in [0.15, 0.2) is 53.4 Å². The highest BCUT2D eigenvalue weighted by Gasteiger charge is 2.28. The highest BCUT2D eigenvalue weighted by atomic mass is 32.2. The minimum absolute atomic E-state index is 0.159. The van der Waals surface area contributed by atoms with Gasteiger partial charge in [-0.15, -0.1) is 10.2 Å². The first-order valence-electron chi connectivity index (χ1n) is 9.32. The second-order valence-corrected chi connectivity index (χ2v) is 8.70. The van der Waals surface area contributed by atoms with Crippen LogP contribution in [0.5, 0.6) is 0 Å². The van der Waals surface area contributed by atoms with Crippen molar-refractivity contribution in [1.29, 1.82) is 0 Å². The molecule has 0 aliphatic carbocycles. The van der Waals surface area contributed by atoms with E-state index in [1.807, 2.05) is 0 Å². The molecule has 13 nitrogen and oxygen atoms in total. The summed E-state index contributed by atoms with van der Waals surface area (Å²) in [5, 5.41) is 34.8. The molecule has 4 aromatic rings. The first-order valence-corrected chi connectivity index (χ1v) is 10.8. The maximum absolute atomic E-state index is 12.8. The number of rotatable bonds is 6. The van der Waals surface area contributed by atoms with Gasteiger partial charge in [0.25, 0.3) is 21.4 Å². The summed E-state index contributed by atoms with van der Waals surface area (Å²) in [6.45, 7) is 2.94. The number of nitro groups is 2. The fourth-order valence-electron chi connectivity index (χ4n) is 3.17. The summed E-state index contributed by atoms with van der Waals surface area (Å²) >= 11 is 0. The molecular formula is C19H15N7O6S. The number of nitrogens with zero attached hydrogens (tertiary/aromatic N) is 6. The molecule has 0 atom stereocenters. The fraction of sp³-hybridized carbons (Fsp3) is 0.105. The van der Waals surface area contributed by atoms with Gasteiger partial charge in [-0.3, -0.25) is 25.0 Å². The molecule has 0 bridgehead atoms. The normalized spacial score (nSPS) is 11.5. The van der Waals surface area contributed by atoms with Crippen LogP contribution in [0.1, 0.15) is 11.4 Å². The highest BCUT2D eigenvalue weighted by molar-refractivity contribution is 7.92. The Balaban J connectivity index is 1.65. The highest BCUT2D eigenvalue weighted by Crippen LogP contribution is 2.32. The van der Waals surface area contributed by atoms with Crippen LogP contribution in [0.3, 0.4) is 0 Å². The Labute approximate surface area is 186 Å². The van der Waals surface area contributed by atoms with Crippen molar-refractivity contribution in [3.8, 4) is 11.3 Å².